The number of rotatable bonds is 10. The van der Waals surface area contributed by atoms with Crippen molar-refractivity contribution in [2.24, 2.45) is 5.92 Å². The number of amides is 1. The molecular weight excluding hydrogens is 388 g/mol. The molecule has 3 atom stereocenters. The highest BCUT2D eigenvalue weighted by molar-refractivity contribution is 5.78. The smallest absolute Gasteiger partial charge is 0.236 e. The van der Waals surface area contributed by atoms with E-state index in [-0.39, 0.29) is 5.91 Å². The number of likely N-dealkylation sites (N-methyl/N-ethyl adjacent to an activating group) is 1. The van der Waals surface area contributed by atoms with Crippen LogP contribution in [-0.4, -0.2) is 54.7 Å². The molecule has 3 unspecified atom stereocenters. The van der Waals surface area contributed by atoms with Crippen molar-refractivity contribution >= 4 is 5.91 Å². The van der Waals surface area contributed by atoms with Crippen LogP contribution in [-0.2, 0) is 4.79 Å². The summed E-state index contributed by atoms with van der Waals surface area (Å²) in [7, 11) is 0. The van der Waals surface area contributed by atoms with Crippen molar-refractivity contribution in [3.05, 3.63) is 35.4 Å². The van der Waals surface area contributed by atoms with Crippen molar-refractivity contribution < 1.29 is 14.3 Å². The van der Waals surface area contributed by atoms with Gasteiger partial charge in [0.15, 0.2) is 11.5 Å². The van der Waals surface area contributed by atoms with Crippen LogP contribution in [0.1, 0.15) is 71.8 Å². The fourth-order valence-corrected chi connectivity index (χ4v) is 4.98. The van der Waals surface area contributed by atoms with Crippen LogP contribution in [0.3, 0.4) is 0 Å². The van der Waals surface area contributed by atoms with Crippen molar-refractivity contribution in [1.82, 2.24) is 9.80 Å². The number of fused-ring (bicyclic) bond motifs is 1. The van der Waals surface area contributed by atoms with Gasteiger partial charge in [0.1, 0.15) is 0 Å². The Morgan fingerprint density at radius 2 is 2.03 bits per heavy atom. The number of ether oxygens (including phenoxy) is 2. The minimum absolute atomic E-state index is 0.266. The topological polar surface area (TPSA) is 42.0 Å². The van der Waals surface area contributed by atoms with E-state index in [0.717, 1.165) is 56.8 Å². The molecule has 3 rings (SSSR count). The van der Waals surface area contributed by atoms with Crippen molar-refractivity contribution in [1.29, 1.82) is 0 Å². The zero-order valence-electron chi connectivity index (χ0n) is 20.0. The van der Waals surface area contributed by atoms with Gasteiger partial charge in [-0.05, 0) is 69.6 Å². The molecule has 0 N–H and O–H groups in total. The first-order chi connectivity index (χ1) is 14.9. The summed E-state index contributed by atoms with van der Waals surface area (Å²) in [4.78, 5) is 17.5. The third-order valence-corrected chi connectivity index (χ3v) is 6.51. The van der Waals surface area contributed by atoms with E-state index in [9.17, 15) is 4.79 Å². The van der Waals surface area contributed by atoms with Gasteiger partial charge in [0.25, 0.3) is 0 Å². The van der Waals surface area contributed by atoms with Gasteiger partial charge >= 0.3 is 0 Å². The molecule has 1 amide bonds. The molecule has 2 aliphatic rings. The average molecular weight is 429 g/mol. The largest absolute Gasteiger partial charge is 0.454 e. The van der Waals surface area contributed by atoms with Crippen LogP contribution < -0.4 is 9.47 Å². The number of carbonyl (C=O) groups is 1. The summed E-state index contributed by atoms with van der Waals surface area (Å²) < 4.78 is 11.1. The van der Waals surface area contributed by atoms with Crippen LogP contribution >= 0.6 is 0 Å². The fraction of sp³-hybridized carbons (Fsp3) is 0.654. The van der Waals surface area contributed by atoms with Crippen LogP contribution in [0.25, 0.3) is 0 Å². The molecule has 2 aliphatic heterocycles. The zero-order valence-corrected chi connectivity index (χ0v) is 20.0. The minimum Gasteiger partial charge on any atom is -0.454 e. The monoisotopic (exact) mass is 428 g/mol. The predicted molar refractivity (Wildman–Crippen MR) is 126 cm³/mol. The normalized spacial score (nSPS) is 21.2. The fourth-order valence-electron chi connectivity index (χ4n) is 4.98. The summed E-state index contributed by atoms with van der Waals surface area (Å²) in [6.07, 6.45) is 6.70. The molecule has 2 heterocycles. The standard InChI is InChI=1S/C26H40N2O3/c1-6-8-11-27(7-2)26(29)17-28-16-22(14-23(28)13-20(5)12-19(3)4)21-9-10-24-25(15-21)31-18-30-24/h9-10,12,15,20,22-23H,6-8,11,13-14,16-18H2,1-5H3. The molecule has 0 bridgehead atoms. The van der Waals surface area contributed by atoms with Gasteiger partial charge in [-0.1, -0.05) is 38.0 Å². The number of benzene rings is 1. The van der Waals surface area contributed by atoms with Crippen LogP contribution in [0.5, 0.6) is 11.5 Å². The van der Waals surface area contributed by atoms with Gasteiger partial charge in [0.2, 0.25) is 12.7 Å². The molecule has 5 nitrogen and oxygen atoms in total. The maximum absolute atomic E-state index is 13.1. The maximum atomic E-state index is 13.1. The molecule has 1 saturated heterocycles. The third kappa shape index (κ3) is 6.25. The molecule has 0 spiro atoms. The van der Waals surface area contributed by atoms with E-state index < -0.39 is 0 Å². The Hall–Kier alpha value is -2.01. The first kappa shape index (κ1) is 23.6. The molecule has 172 valence electrons. The second-order valence-corrected chi connectivity index (χ2v) is 9.41. The van der Waals surface area contributed by atoms with E-state index in [4.69, 9.17) is 9.47 Å². The number of hydrogen-bond donors (Lipinski definition) is 0. The highest BCUT2D eigenvalue weighted by atomic mass is 16.7. The van der Waals surface area contributed by atoms with Crippen molar-refractivity contribution in [2.75, 3.05) is 33.0 Å². The van der Waals surface area contributed by atoms with E-state index in [1.807, 2.05) is 11.0 Å². The Labute approximate surface area is 188 Å². The van der Waals surface area contributed by atoms with E-state index in [2.05, 4.69) is 57.7 Å². The van der Waals surface area contributed by atoms with Crippen LogP contribution in [0.15, 0.2) is 29.8 Å². The lowest BCUT2D eigenvalue weighted by atomic mass is 9.92. The average Bonchev–Trinajstić information content (AvgIpc) is 3.34. The Morgan fingerprint density at radius 1 is 1.26 bits per heavy atom. The van der Waals surface area contributed by atoms with Crippen molar-refractivity contribution in [3.8, 4) is 11.5 Å². The molecule has 0 aliphatic carbocycles. The number of unbranched alkanes of at least 4 members (excludes halogenated alkanes) is 1. The van der Waals surface area contributed by atoms with E-state index in [1.165, 1.54) is 11.1 Å². The number of hydrogen-bond acceptors (Lipinski definition) is 4. The Kier molecular flexibility index (Phi) is 8.42. The van der Waals surface area contributed by atoms with Crippen molar-refractivity contribution in [2.45, 2.75) is 72.3 Å². The van der Waals surface area contributed by atoms with Crippen LogP contribution in [0.4, 0.5) is 0 Å². The lowest BCUT2D eigenvalue weighted by Crippen LogP contribution is -2.43. The number of allylic oxidation sites excluding steroid dienone is 2. The highest BCUT2D eigenvalue weighted by Crippen LogP contribution is 2.39. The maximum Gasteiger partial charge on any atom is 0.236 e. The molecule has 1 fully saturated rings. The number of carbonyl (C=O) groups excluding carboxylic acids is 1. The number of likely N-dealkylation sites (tertiary alicyclic amines) is 1. The van der Waals surface area contributed by atoms with Gasteiger partial charge < -0.3 is 14.4 Å². The van der Waals surface area contributed by atoms with E-state index >= 15 is 0 Å². The molecule has 0 aromatic heterocycles. The minimum atomic E-state index is 0.266. The second-order valence-electron chi connectivity index (χ2n) is 9.41. The Balaban J connectivity index is 1.73. The molecule has 1 aromatic carbocycles. The van der Waals surface area contributed by atoms with Gasteiger partial charge in [0.05, 0.1) is 6.54 Å². The quantitative estimate of drug-likeness (QED) is 0.480. The van der Waals surface area contributed by atoms with Crippen LogP contribution in [0.2, 0.25) is 0 Å². The van der Waals surface area contributed by atoms with Gasteiger partial charge in [-0.15, -0.1) is 0 Å². The van der Waals surface area contributed by atoms with Gasteiger partial charge in [-0.3, -0.25) is 9.69 Å². The SMILES string of the molecule is CCCCN(CC)C(=O)CN1CC(c2ccc3c(c2)OCO3)CC1CC(C)C=C(C)C. The summed E-state index contributed by atoms with van der Waals surface area (Å²) in [5.74, 6) is 2.86. The lowest BCUT2D eigenvalue weighted by Gasteiger charge is -2.29. The van der Waals surface area contributed by atoms with Crippen LogP contribution in [0, 0.1) is 5.92 Å². The Bertz CT molecular complexity index is 772. The molecule has 1 aromatic rings. The summed E-state index contributed by atoms with van der Waals surface area (Å²) in [6.45, 7) is 14.3. The first-order valence-corrected chi connectivity index (χ1v) is 12.0. The van der Waals surface area contributed by atoms with Gasteiger partial charge in [-0.25, -0.2) is 0 Å². The molecule has 0 saturated carbocycles. The summed E-state index contributed by atoms with van der Waals surface area (Å²) in [5.41, 5.74) is 2.65. The van der Waals surface area contributed by atoms with E-state index in [1.54, 1.807) is 0 Å². The predicted octanol–water partition coefficient (Wildman–Crippen LogP) is 5.21. The lowest BCUT2D eigenvalue weighted by molar-refractivity contribution is -0.132. The van der Waals surface area contributed by atoms with Gasteiger partial charge in [-0.2, -0.15) is 0 Å². The Morgan fingerprint density at radius 3 is 2.74 bits per heavy atom. The molecule has 5 heteroatoms. The summed E-state index contributed by atoms with van der Waals surface area (Å²) in [6, 6.07) is 6.74. The molecule has 0 radical (unpaired) electrons. The summed E-state index contributed by atoms with van der Waals surface area (Å²) in [5, 5.41) is 0. The summed E-state index contributed by atoms with van der Waals surface area (Å²) >= 11 is 0. The zero-order chi connectivity index (χ0) is 22.4. The van der Waals surface area contributed by atoms with Crippen molar-refractivity contribution in [3.63, 3.8) is 0 Å². The molecule has 31 heavy (non-hydrogen) atoms. The first-order valence-electron chi connectivity index (χ1n) is 12.0. The number of nitrogens with zero attached hydrogens (tertiary/aromatic N) is 2. The van der Waals surface area contributed by atoms with E-state index in [0.29, 0.717) is 31.2 Å². The third-order valence-electron chi connectivity index (χ3n) is 6.51. The highest BCUT2D eigenvalue weighted by Gasteiger charge is 2.35. The second kappa shape index (κ2) is 11.0. The molecular formula is C26H40N2O3. The van der Waals surface area contributed by atoms with Gasteiger partial charge in [0, 0.05) is 25.7 Å².